The second-order valence-electron chi connectivity index (χ2n) is 6.38. The van der Waals surface area contributed by atoms with Crippen LogP contribution < -0.4 is 5.32 Å². The molecule has 1 unspecified atom stereocenters. The number of nitrogens with zero attached hydrogens (tertiary/aromatic N) is 1. The summed E-state index contributed by atoms with van der Waals surface area (Å²) in [5.41, 5.74) is 0.721. The van der Waals surface area contributed by atoms with Gasteiger partial charge in [-0.25, -0.2) is 0 Å². The molecule has 17 heavy (non-hydrogen) atoms. The standard InChI is InChI=1S/C14H24N2O/c17-13-3-2-12(4-8-15-13)10-16-9-7-14(11-16)5-1-6-14/h12H,1-11H2,(H,15,17). The first-order valence-corrected chi connectivity index (χ1v) is 7.25. The highest BCUT2D eigenvalue weighted by atomic mass is 16.1. The van der Waals surface area contributed by atoms with Crippen LogP contribution in [0.5, 0.6) is 0 Å². The van der Waals surface area contributed by atoms with Crippen molar-refractivity contribution in [2.24, 2.45) is 11.3 Å². The van der Waals surface area contributed by atoms with Crippen LogP contribution in [0.2, 0.25) is 0 Å². The van der Waals surface area contributed by atoms with Gasteiger partial charge in [-0.15, -0.1) is 0 Å². The summed E-state index contributed by atoms with van der Waals surface area (Å²) in [6.07, 6.45) is 8.82. The van der Waals surface area contributed by atoms with Crippen molar-refractivity contribution in [3.05, 3.63) is 0 Å². The highest BCUT2D eigenvalue weighted by molar-refractivity contribution is 5.76. The molecule has 3 fully saturated rings. The van der Waals surface area contributed by atoms with Gasteiger partial charge < -0.3 is 10.2 Å². The Morgan fingerprint density at radius 3 is 2.88 bits per heavy atom. The van der Waals surface area contributed by atoms with Crippen molar-refractivity contribution in [3.8, 4) is 0 Å². The van der Waals surface area contributed by atoms with Gasteiger partial charge in [0.2, 0.25) is 5.91 Å². The first kappa shape index (κ1) is 11.5. The molecule has 1 amide bonds. The van der Waals surface area contributed by atoms with E-state index in [2.05, 4.69) is 10.2 Å². The van der Waals surface area contributed by atoms with Crippen LogP contribution in [0.15, 0.2) is 0 Å². The normalized spacial score (nSPS) is 33.2. The third kappa shape index (κ3) is 2.49. The van der Waals surface area contributed by atoms with Gasteiger partial charge in [0.15, 0.2) is 0 Å². The average Bonchev–Trinajstić information content (AvgIpc) is 2.59. The number of hydrogen-bond acceptors (Lipinski definition) is 2. The maximum Gasteiger partial charge on any atom is 0.220 e. The highest BCUT2D eigenvalue weighted by Crippen LogP contribution is 2.48. The van der Waals surface area contributed by atoms with E-state index in [0.717, 1.165) is 30.7 Å². The lowest BCUT2D eigenvalue weighted by molar-refractivity contribution is -0.120. The Morgan fingerprint density at radius 1 is 1.29 bits per heavy atom. The van der Waals surface area contributed by atoms with Crippen LogP contribution in [0.4, 0.5) is 0 Å². The maximum absolute atomic E-state index is 11.3. The fraction of sp³-hybridized carbons (Fsp3) is 0.929. The lowest BCUT2D eigenvalue weighted by Gasteiger charge is -2.38. The number of carbonyl (C=O) groups is 1. The van der Waals surface area contributed by atoms with Crippen LogP contribution in [0.3, 0.4) is 0 Å². The summed E-state index contributed by atoms with van der Waals surface area (Å²) < 4.78 is 0. The minimum atomic E-state index is 0.254. The zero-order chi connectivity index (χ0) is 11.7. The molecule has 0 aromatic heterocycles. The number of carbonyl (C=O) groups excluding carboxylic acids is 1. The van der Waals surface area contributed by atoms with Gasteiger partial charge in [-0.05, 0) is 50.0 Å². The zero-order valence-corrected chi connectivity index (χ0v) is 10.7. The van der Waals surface area contributed by atoms with E-state index in [1.807, 2.05) is 0 Å². The second-order valence-corrected chi connectivity index (χ2v) is 6.38. The van der Waals surface area contributed by atoms with Gasteiger partial charge in [0.05, 0.1) is 0 Å². The van der Waals surface area contributed by atoms with E-state index in [9.17, 15) is 4.79 Å². The van der Waals surface area contributed by atoms with Gasteiger partial charge in [0, 0.05) is 26.1 Å². The van der Waals surface area contributed by atoms with E-state index in [1.165, 1.54) is 51.7 Å². The quantitative estimate of drug-likeness (QED) is 0.792. The Labute approximate surface area is 104 Å². The molecule has 3 aliphatic rings. The Hall–Kier alpha value is -0.570. The van der Waals surface area contributed by atoms with Gasteiger partial charge >= 0.3 is 0 Å². The van der Waals surface area contributed by atoms with Crippen LogP contribution in [0.1, 0.15) is 44.9 Å². The lowest BCUT2D eigenvalue weighted by atomic mass is 9.68. The van der Waals surface area contributed by atoms with Crippen molar-refractivity contribution in [2.45, 2.75) is 44.9 Å². The zero-order valence-electron chi connectivity index (χ0n) is 10.7. The number of likely N-dealkylation sites (tertiary alicyclic amines) is 1. The molecule has 1 N–H and O–H groups in total. The predicted molar refractivity (Wildman–Crippen MR) is 67.7 cm³/mol. The van der Waals surface area contributed by atoms with Crippen molar-refractivity contribution in [1.29, 1.82) is 0 Å². The van der Waals surface area contributed by atoms with Crippen molar-refractivity contribution in [3.63, 3.8) is 0 Å². The van der Waals surface area contributed by atoms with Gasteiger partial charge in [-0.3, -0.25) is 4.79 Å². The molecule has 0 radical (unpaired) electrons. The molecule has 3 heteroatoms. The first-order chi connectivity index (χ1) is 8.26. The molecule has 2 saturated heterocycles. The summed E-state index contributed by atoms with van der Waals surface area (Å²) in [5.74, 6) is 0.994. The molecular weight excluding hydrogens is 212 g/mol. The van der Waals surface area contributed by atoms with E-state index in [4.69, 9.17) is 0 Å². The Morgan fingerprint density at radius 2 is 2.18 bits per heavy atom. The largest absolute Gasteiger partial charge is 0.356 e. The van der Waals surface area contributed by atoms with Crippen LogP contribution in [0, 0.1) is 11.3 Å². The summed E-state index contributed by atoms with van der Waals surface area (Å²) >= 11 is 0. The molecule has 1 atom stereocenters. The summed E-state index contributed by atoms with van der Waals surface area (Å²) in [6.45, 7) is 4.77. The molecule has 1 spiro atoms. The number of hydrogen-bond donors (Lipinski definition) is 1. The molecule has 96 valence electrons. The third-order valence-corrected chi connectivity index (χ3v) is 5.10. The van der Waals surface area contributed by atoms with Gasteiger partial charge in [0.25, 0.3) is 0 Å². The number of rotatable bonds is 2. The van der Waals surface area contributed by atoms with Crippen LogP contribution >= 0.6 is 0 Å². The van der Waals surface area contributed by atoms with E-state index in [1.54, 1.807) is 0 Å². The molecule has 1 saturated carbocycles. The molecular formula is C14H24N2O. The van der Waals surface area contributed by atoms with Crippen molar-refractivity contribution in [1.82, 2.24) is 10.2 Å². The van der Waals surface area contributed by atoms with E-state index >= 15 is 0 Å². The predicted octanol–water partition coefficient (Wildman–Crippen LogP) is 1.78. The van der Waals surface area contributed by atoms with Crippen LogP contribution in [0.25, 0.3) is 0 Å². The molecule has 3 nitrogen and oxygen atoms in total. The molecule has 0 aromatic rings. The summed E-state index contributed by atoms with van der Waals surface area (Å²) in [4.78, 5) is 14.0. The van der Waals surface area contributed by atoms with E-state index in [0.29, 0.717) is 0 Å². The van der Waals surface area contributed by atoms with Crippen molar-refractivity contribution < 1.29 is 4.79 Å². The fourth-order valence-electron chi connectivity index (χ4n) is 3.80. The highest BCUT2D eigenvalue weighted by Gasteiger charge is 2.42. The molecule has 3 rings (SSSR count). The van der Waals surface area contributed by atoms with Crippen molar-refractivity contribution in [2.75, 3.05) is 26.2 Å². The fourth-order valence-corrected chi connectivity index (χ4v) is 3.80. The minimum absolute atomic E-state index is 0.254. The molecule has 2 aliphatic heterocycles. The molecule has 1 aliphatic carbocycles. The van der Waals surface area contributed by atoms with Gasteiger partial charge in [-0.2, -0.15) is 0 Å². The number of amides is 1. The molecule has 0 bridgehead atoms. The van der Waals surface area contributed by atoms with Crippen molar-refractivity contribution >= 4 is 5.91 Å². The minimum Gasteiger partial charge on any atom is -0.356 e. The van der Waals surface area contributed by atoms with Crippen LogP contribution in [-0.4, -0.2) is 37.0 Å². The average molecular weight is 236 g/mol. The SMILES string of the molecule is O=C1CCC(CN2CCC3(CCC3)C2)CCN1. The van der Waals surface area contributed by atoms with Gasteiger partial charge in [-0.1, -0.05) is 6.42 Å². The molecule has 0 aromatic carbocycles. The third-order valence-electron chi connectivity index (χ3n) is 5.10. The second kappa shape index (κ2) is 4.60. The smallest absolute Gasteiger partial charge is 0.220 e. The number of nitrogens with one attached hydrogen (secondary N) is 1. The Balaban J connectivity index is 1.48. The summed E-state index contributed by atoms with van der Waals surface area (Å²) in [7, 11) is 0. The van der Waals surface area contributed by atoms with E-state index in [-0.39, 0.29) is 5.91 Å². The molecule has 2 heterocycles. The topological polar surface area (TPSA) is 32.3 Å². The Bertz CT molecular complexity index is 299. The lowest BCUT2D eigenvalue weighted by Crippen LogP contribution is -2.35. The van der Waals surface area contributed by atoms with Gasteiger partial charge in [0.1, 0.15) is 0 Å². The van der Waals surface area contributed by atoms with Crippen LogP contribution in [-0.2, 0) is 4.79 Å². The monoisotopic (exact) mass is 236 g/mol. The van der Waals surface area contributed by atoms with E-state index < -0.39 is 0 Å². The first-order valence-electron chi connectivity index (χ1n) is 7.25. The summed E-state index contributed by atoms with van der Waals surface area (Å²) in [5, 5.41) is 2.98. The maximum atomic E-state index is 11.3. The summed E-state index contributed by atoms with van der Waals surface area (Å²) in [6, 6.07) is 0. The Kier molecular flexibility index (Phi) is 3.12.